The van der Waals surface area contributed by atoms with Crippen molar-refractivity contribution in [1.29, 1.82) is 0 Å². The zero-order valence-corrected chi connectivity index (χ0v) is 26.4. The highest BCUT2D eigenvalue weighted by atomic mass is 32.2. The third kappa shape index (κ3) is 8.03. The summed E-state index contributed by atoms with van der Waals surface area (Å²) in [7, 11) is -3.35. The number of nitrogens with one attached hydrogen (secondary N) is 1. The van der Waals surface area contributed by atoms with Crippen LogP contribution in [0, 0.1) is 0 Å². The molecule has 0 spiro atoms. The van der Waals surface area contributed by atoms with Gasteiger partial charge >= 0.3 is 6.09 Å². The van der Waals surface area contributed by atoms with Crippen molar-refractivity contribution < 1.29 is 32.3 Å². The molecule has 1 aromatic carbocycles. The minimum absolute atomic E-state index is 0.0242. The molecule has 1 N–H and O–H groups in total. The maximum atomic E-state index is 13.4. The van der Waals surface area contributed by atoms with Gasteiger partial charge in [-0.25, -0.2) is 18.2 Å². The molecular formula is C28H36N4O7S3. The van der Waals surface area contributed by atoms with Gasteiger partial charge in [0, 0.05) is 30.3 Å². The van der Waals surface area contributed by atoms with Crippen molar-refractivity contribution in [3.63, 3.8) is 0 Å². The van der Waals surface area contributed by atoms with Crippen molar-refractivity contribution in [3.8, 4) is 0 Å². The van der Waals surface area contributed by atoms with Crippen molar-refractivity contribution >= 4 is 55.8 Å². The van der Waals surface area contributed by atoms with Crippen LogP contribution in [0.5, 0.6) is 0 Å². The molecule has 1 aliphatic carbocycles. The number of piperidine rings is 1. The van der Waals surface area contributed by atoms with E-state index < -0.39 is 21.3 Å². The first-order valence-corrected chi connectivity index (χ1v) is 17.3. The van der Waals surface area contributed by atoms with E-state index in [1.54, 1.807) is 35.0 Å². The number of aromatic nitrogens is 1. The summed E-state index contributed by atoms with van der Waals surface area (Å²) in [6, 6.07) is 6.18. The van der Waals surface area contributed by atoms with Gasteiger partial charge in [-0.1, -0.05) is 28.6 Å². The molecule has 42 heavy (non-hydrogen) atoms. The highest BCUT2D eigenvalue weighted by Crippen LogP contribution is 2.36. The van der Waals surface area contributed by atoms with E-state index in [-0.39, 0.29) is 28.1 Å². The molecule has 14 heteroatoms. The first-order valence-electron chi connectivity index (χ1n) is 14.1. The highest BCUT2D eigenvalue weighted by molar-refractivity contribution is 8.01. The maximum absolute atomic E-state index is 13.4. The van der Waals surface area contributed by atoms with Crippen LogP contribution in [-0.2, 0) is 28.9 Å². The number of nitrogens with zero attached hydrogens (tertiary/aromatic N) is 3. The number of anilines is 1. The molecule has 0 unspecified atom stereocenters. The average molecular weight is 637 g/mol. The predicted molar refractivity (Wildman–Crippen MR) is 161 cm³/mol. The van der Waals surface area contributed by atoms with Gasteiger partial charge in [-0.05, 0) is 58.6 Å². The van der Waals surface area contributed by atoms with Gasteiger partial charge in [-0.15, -0.1) is 11.8 Å². The Bertz CT molecular complexity index is 1400. The smallest absolute Gasteiger partial charge is 0.410 e. The van der Waals surface area contributed by atoms with E-state index in [0.717, 1.165) is 17.1 Å². The molecule has 2 amide bonds. The topological polar surface area (TPSA) is 136 Å². The Morgan fingerprint density at radius 3 is 2.45 bits per heavy atom. The van der Waals surface area contributed by atoms with Gasteiger partial charge in [0.05, 0.1) is 33.8 Å². The summed E-state index contributed by atoms with van der Waals surface area (Å²) in [4.78, 5) is 37.7. The summed E-state index contributed by atoms with van der Waals surface area (Å²) in [5, 5.41) is 7.39. The molecule has 5 rings (SSSR count). The third-order valence-corrected chi connectivity index (χ3v) is 11.6. The lowest BCUT2D eigenvalue weighted by molar-refractivity contribution is -0.110. The fraction of sp³-hybridized carbons (Fsp3) is 0.571. The molecule has 11 nitrogen and oxygen atoms in total. The summed E-state index contributed by atoms with van der Waals surface area (Å²) in [5.74, 6) is -0.511. The maximum Gasteiger partial charge on any atom is 0.410 e. The normalized spacial score (nSPS) is 20.4. The van der Waals surface area contributed by atoms with Crippen LogP contribution < -0.4 is 5.32 Å². The Labute approximate surface area is 254 Å². The van der Waals surface area contributed by atoms with Crippen molar-refractivity contribution in [2.24, 2.45) is 5.16 Å². The Balaban J connectivity index is 1.21. The van der Waals surface area contributed by atoms with Gasteiger partial charge < -0.3 is 19.2 Å². The largest absolute Gasteiger partial charge is 0.444 e. The summed E-state index contributed by atoms with van der Waals surface area (Å²) in [6.07, 6.45) is 4.87. The molecular weight excluding hydrogens is 601 g/mol. The first kappa shape index (κ1) is 30.8. The monoisotopic (exact) mass is 636 g/mol. The Morgan fingerprint density at radius 1 is 1.12 bits per heavy atom. The van der Waals surface area contributed by atoms with E-state index in [1.165, 1.54) is 23.5 Å². The number of hydrogen-bond donors (Lipinski definition) is 1. The lowest BCUT2D eigenvalue weighted by atomic mass is 10.1. The molecule has 1 aromatic heterocycles. The molecule has 228 valence electrons. The minimum atomic E-state index is -3.35. The SMILES string of the molecule is CC(C)(C)OC(=O)N1CCC(Sc2cnc(NC(=O)/C(=N/O[C@@H]3CCOC3)c3ccc(S(=O)(=O)C4CC4)cc3)s2)CC1. The van der Waals surface area contributed by atoms with Crippen molar-refractivity contribution in [2.45, 2.75) is 84.2 Å². The lowest BCUT2D eigenvalue weighted by Gasteiger charge is -2.33. The number of oxime groups is 1. The molecule has 3 aliphatic rings. The first-order chi connectivity index (χ1) is 20.0. The Kier molecular flexibility index (Phi) is 9.45. The van der Waals surface area contributed by atoms with E-state index in [4.69, 9.17) is 14.3 Å². The van der Waals surface area contributed by atoms with E-state index in [2.05, 4.69) is 15.5 Å². The predicted octanol–water partition coefficient (Wildman–Crippen LogP) is 4.72. The van der Waals surface area contributed by atoms with Gasteiger partial charge in [0.2, 0.25) is 0 Å². The van der Waals surface area contributed by atoms with Gasteiger partial charge in [0.1, 0.15) is 5.60 Å². The molecule has 3 heterocycles. The summed E-state index contributed by atoms with van der Waals surface area (Å²) in [5.41, 5.74) is -0.0614. The zero-order valence-electron chi connectivity index (χ0n) is 23.9. The van der Waals surface area contributed by atoms with Crippen LogP contribution in [-0.4, -0.2) is 84.5 Å². The number of carbonyl (C=O) groups excluding carboxylic acids is 2. The second-order valence-corrected chi connectivity index (χ2v) is 16.4. The standard InChI is InChI=1S/C28H36N4O7S3/c1-28(2,3)38-27(34)32-13-10-20(11-14-32)40-23-16-29-26(41-23)30-25(33)24(31-39-19-12-15-37-17-19)18-4-6-21(7-5-18)42(35,36)22-8-9-22/h4-7,16,19-20,22H,8-15,17H2,1-3H3,(H,29,30,33)/b31-24+/t19-/m1/s1. The van der Waals surface area contributed by atoms with Gasteiger partial charge in [0.15, 0.2) is 26.8 Å². The van der Waals surface area contributed by atoms with Gasteiger partial charge in [0.25, 0.3) is 5.91 Å². The van der Waals surface area contributed by atoms with Crippen molar-refractivity contribution in [3.05, 3.63) is 36.0 Å². The lowest BCUT2D eigenvalue weighted by Crippen LogP contribution is -2.42. The molecule has 3 fully saturated rings. The summed E-state index contributed by atoms with van der Waals surface area (Å²) < 4.78 is 37.0. The van der Waals surface area contributed by atoms with Crippen LogP contribution >= 0.6 is 23.1 Å². The van der Waals surface area contributed by atoms with Crippen LogP contribution in [0.1, 0.15) is 58.4 Å². The van der Waals surface area contributed by atoms with Crippen LogP contribution in [0.4, 0.5) is 9.93 Å². The second-order valence-electron chi connectivity index (χ2n) is 11.5. The fourth-order valence-corrected chi connectivity index (χ4v) is 8.42. The van der Waals surface area contributed by atoms with Gasteiger partial charge in [-0.2, -0.15) is 0 Å². The number of hydrogen-bond acceptors (Lipinski definition) is 11. The van der Waals surface area contributed by atoms with Crippen LogP contribution in [0.3, 0.4) is 0 Å². The van der Waals surface area contributed by atoms with Crippen LogP contribution in [0.2, 0.25) is 0 Å². The van der Waals surface area contributed by atoms with Crippen molar-refractivity contribution in [2.75, 3.05) is 31.6 Å². The van der Waals surface area contributed by atoms with Crippen LogP contribution in [0.15, 0.2) is 44.7 Å². The van der Waals surface area contributed by atoms with Crippen molar-refractivity contribution in [1.82, 2.24) is 9.88 Å². The van der Waals surface area contributed by atoms with E-state index in [1.807, 2.05) is 20.8 Å². The molecule has 1 saturated carbocycles. The molecule has 0 radical (unpaired) electrons. The fourth-order valence-electron chi connectivity index (χ4n) is 4.50. The molecule has 1 atom stereocenters. The number of likely N-dealkylation sites (tertiary alicyclic amines) is 1. The number of amides is 2. The Hall–Kier alpha value is -2.68. The van der Waals surface area contributed by atoms with E-state index >= 15 is 0 Å². The van der Waals surface area contributed by atoms with E-state index in [9.17, 15) is 18.0 Å². The number of ether oxygens (including phenoxy) is 2. The number of thiazole rings is 1. The highest BCUT2D eigenvalue weighted by Gasteiger charge is 2.37. The number of carbonyl (C=O) groups is 2. The Morgan fingerprint density at radius 2 is 1.83 bits per heavy atom. The summed E-state index contributed by atoms with van der Waals surface area (Å²) >= 11 is 3.04. The second kappa shape index (κ2) is 12.9. The molecule has 2 aliphatic heterocycles. The third-order valence-electron chi connectivity index (χ3n) is 6.90. The number of thioether (sulfide) groups is 1. The summed E-state index contributed by atoms with van der Waals surface area (Å²) in [6.45, 7) is 7.79. The quantitative estimate of drug-likeness (QED) is 0.306. The number of sulfone groups is 1. The van der Waals surface area contributed by atoms with E-state index in [0.29, 0.717) is 61.5 Å². The molecule has 0 bridgehead atoms. The zero-order chi connectivity index (χ0) is 29.9. The number of rotatable bonds is 9. The minimum Gasteiger partial charge on any atom is -0.444 e. The molecule has 2 aromatic rings. The number of benzene rings is 1. The average Bonchev–Trinajstić information content (AvgIpc) is 3.53. The van der Waals surface area contributed by atoms with Gasteiger partial charge in [-0.3, -0.25) is 10.1 Å². The van der Waals surface area contributed by atoms with Crippen LogP contribution in [0.25, 0.3) is 0 Å². The molecule has 2 saturated heterocycles.